The molecule has 3 nitrogen and oxygen atoms in total. The summed E-state index contributed by atoms with van der Waals surface area (Å²) in [5, 5.41) is 11.4. The molecule has 0 bridgehead atoms. The summed E-state index contributed by atoms with van der Waals surface area (Å²) in [5.74, 6) is 1.38. The van der Waals surface area contributed by atoms with Crippen molar-refractivity contribution in [3.8, 4) is 11.5 Å². The molecule has 1 heterocycles. The Morgan fingerprint density at radius 1 is 1.05 bits per heavy atom. The zero-order valence-electron chi connectivity index (χ0n) is 12.5. The zero-order valence-corrected chi connectivity index (χ0v) is 13.3. The van der Waals surface area contributed by atoms with Crippen LogP contribution in [0.4, 0.5) is 0 Å². The molecule has 0 saturated heterocycles. The zero-order chi connectivity index (χ0) is 14.9. The van der Waals surface area contributed by atoms with Gasteiger partial charge in [0.15, 0.2) is 11.5 Å². The fraction of sp³-hybridized carbons (Fsp3) is 0.647. The van der Waals surface area contributed by atoms with Crippen LogP contribution in [0.5, 0.6) is 11.5 Å². The molecule has 1 aliphatic carbocycles. The van der Waals surface area contributed by atoms with E-state index in [-0.39, 0.29) is 5.41 Å². The van der Waals surface area contributed by atoms with Crippen LogP contribution in [0.15, 0.2) is 12.1 Å². The van der Waals surface area contributed by atoms with Crippen molar-refractivity contribution in [2.75, 3.05) is 13.2 Å². The van der Waals surface area contributed by atoms with Crippen LogP contribution in [-0.4, -0.2) is 18.3 Å². The number of fused-ring (bicyclic) bond motifs is 1. The third-order valence-corrected chi connectivity index (χ3v) is 5.14. The molecule has 1 unspecified atom stereocenters. The van der Waals surface area contributed by atoms with Gasteiger partial charge in [-0.1, -0.05) is 37.8 Å². The first-order chi connectivity index (χ1) is 10.1. The van der Waals surface area contributed by atoms with Gasteiger partial charge in [-0.05, 0) is 24.3 Å². The normalized spacial score (nSPS) is 22.4. The molecule has 1 N–H and O–H groups in total. The summed E-state index contributed by atoms with van der Waals surface area (Å²) < 4.78 is 11.4. The maximum absolute atomic E-state index is 10.9. The molecule has 0 radical (unpaired) electrons. The van der Waals surface area contributed by atoms with Gasteiger partial charge in [0.25, 0.3) is 0 Å². The van der Waals surface area contributed by atoms with Gasteiger partial charge in [0.2, 0.25) is 0 Å². The van der Waals surface area contributed by atoms with Crippen molar-refractivity contribution >= 4 is 11.6 Å². The number of hydrogen-bond donors (Lipinski definition) is 1. The highest BCUT2D eigenvalue weighted by atomic mass is 35.5. The number of aliphatic hydroxyl groups excluding tert-OH is 1. The van der Waals surface area contributed by atoms with Gasteiger partial charge in [-0.25, -0.2) is 0 Å². The van der Waals surface area contributed by atoms with Crippen molar-refractivity contribution < 1.29 is 14.6 Å². The first-order valence-corrected chi connectivity index (χ1v) is 8.25. The number of rotatable bonds is 2. The predicted molar refractivity (Wildman–Crippen MR) is 83.2 cm³/mol. The minimum absolute atomic E-state index is 0.0955. The lowest BCUT2D eigenvalue weighted by atomic mass is 9.70. The number of benzene rings is 1. The average molecular weight is 311 g/mol. The van der Waals surface area contributed by atoms with Gasteiger partial charge < -0.3 is 14.6 Å². The van der Waals surface area contributed by atoms with Gasteiger partial charge in [-0.3, -0.25) is 0 Å². The standard InChI is InChI=1S/C17H23ClO3/c1-17(6-3-2-4-7-17)16(19)12-10-14-15(11-13(12)18)21-9-5-8-20-14/h10-11,16,19H,2-9H2,1H3. The fourth-order valence-electron chi connectivity index (χ4n) is 3.42. The molecule has 2 aliphatic rings. The maximum Gasteiger partial charge on any atom is 0.162 e. The lowest BCUT2D eigenvalue weighted by molar-refractivity contribution is 0.00810. The highest BCUT2D eigenvalue weighted by Gasteiger charge is 2.36. The smallest absolute Gasteiger partial charge is 0.162 e. The molecule has 0 spiro atoms. The van der Waals surface area contributed by atoms with Crippen molar-refractivity contribution in [3.05, 3.63) is 22.7 Å². The van der Waals surface area contributed by atoms with Crippen molar-refractivity contribution in [1.29, 1.82) is 0 Å². The highest BCUT2D eigenvalue weighted by molar-refractivity contribution is 6.31. The molecule has 4 heteroatoms. The first kappa shape index (κ1) is 15.0. The SMILES string of the molecule is CC1(C(O)c2cc3c(cc2Cl)OCCCO3)CCCCC1. The molecular weight excluding hydrogens is 288 g/mol. The van der Waals surface area contributed by atoms with E-state index < -0.39 is 6.10 Å². The minimum Gasteiger partial charge on any atom is -0.490 e. The monoisotopic (exact) mass is 310 g/mol. The molecule has 0 amide bonds. The largest absolute Gasteiger partial charge is 0.490 e. The molecule has 1 aliphatic heterocycles. The van der Waals surface area contributed by atoms with E-state index in [4.69, 9.17) is 21.1 Å². The highest BCUT2D eigenvalue weighted by Crippen LogP contribution is 2.48. The van der Waals surface area contributed by atoms with Crippen LogP contribution in [0.3, 0.4) is 0 Å². The lowest BCUT2D eigenvalue weighted by Gasteiger charge is -2.38. The summed E-state index contributed by atoms with van der Waals surface area (Å²) in [5.41, 5.74) is 0.673. The van der Waals surface area contributed by atoms with Gasteiger partial charge in [0.05, 0.1) is 24.3 Å². The summed E-state index contributed by atoms with van der Waals surface area (Å²) in [6.45, 7) is 3.45. The molecule has 1 aromatic rings. The van der Waals surface area contributed by atoms with Crippen molar-refractivity contribution in [1.82, 2.24) is 0 Å². The second-order valence-corrected chi connectivity index (χ2v) is 6.90. The summed E-state index contributed by atoms with van der Waals surface area (Å²) in [6.07, 6.45) is 6.00. The summed E-state index contributed by atoms with van der Waals surface area (Å²) in [7, 11) is 0. The van der Waals surface area contributed by atoms with E-state index in [1.165, 1.54) is 19.3 Å². The van der Waals surface area contributed by atoms with Crippen molar-refractivity contribution in [2.45, 2.75) is 51.6 Å². The quantitative estimate of drug-likeness (QED) is 0.873. The molecule has 21 heavy (non-hydrogen) atoms. The topological polar surface area (TPSA) is 38.7 Å². The number of ether oxygens (including phenoxy) is 2. The molecule has 3 rings (SSSR count). The Bertz CT molecular complexity index is 509. The van der Waals surface area contributed by atoms with Crippen LogP contribution in [0.25, 0.3) is 0 Å². The average Bonchev–Trinajstić information content (AvgIpc) is 2.71. The number of halogens is 1. The van der Waals surface area contributed by atoms with E-state index in [9.17, 15) is 5.11 Å². The van der Waals surface area contributed by atoms with Crippen LogP contribution >= 0.6 is 11.6 Å². The van der Waals surface area contributed by atoms with Crippen LogP contribution in [0, 0.1) is 5.41 Å². The van der Waals surface area contributed by atoms with Gasteiger partial charge in [-0.15, -0.1) is 0 Å². The third-order valence-electron chi connectivity index (χ3n) is 4.82. The van der Waals surface area contributed by atoms with Crippen molar-refractivity contribution in [2.24, 2.45) is 5.41 Å². The van der Waals surface area contributed by atoms with Crippen LogP contribution < -0.4 is 9.47 Å². The summed E-state index contributed by atoms with van der Waals surface area (Å²) in [4.78, 5) is 0. The van der Waals surface area contributed by atoms with Crippen molar-refractivity contribution in [3.63, 3.8) is 0 Å². The Morgan fingerprint density at radius 3 is 2.33 bits per heavy atom. The molecule has 1 aromatic carbocycles. The Labute approximate surface area is 131 Å². The molecule has 1 fully saturated rings. The van der Waals surface area contributed by atoms with Crippen LogP contribution in [-0.2, 0) is 0 Å². The fourth-order valence-corrected chi connectivity index (χ4v) is 3.67. The minimum atomic E-state index is -0.553. The maximum atomic E-state index is 10.9. The molecule has 1 atom stereocenters. The van der Waals surface area contributed by atoms with Crippen LogP contribution in [0.1, 0.15) is 57.1 Å². The van der Waals surface area contributed by atoms with Gasteiger partial charge in [0, 0.05) is 18.1 Å². The Kier molecular flexibility index (Phi) is 4.32. The molecule has 0 aromatic heterocycles. The molecule has 116 valence electrons. The Balaban J connectivity index is 1.92. The van der Waals surface area contributed by atoms with E-state index in [2.05, 4.69) is 6.92 Å². The van der Waals surface area contributed by atoms with E-state index >= 15 is 0 Å². The second kappa shape index (κ2) is 6.05. The summed E-state index contributed by atoms with van der Waals surface area (Å²) in [6, 6.07) is 3.65. The summed E-state index contributed by atoms with van der Waals surface area (Å²) >= 11 is 6.39. The number of hydrogen-bond acceptors (Lipinski definition) is 3. The molecule has 1 saturated carbocycles. The predicted octanol–water partition coefficient (Wildman–Crippen LogP) is 4.51. The van der Waals surface area contributed by atoms with E-state index in [0.29, 0.717) is 29.7 Å². The number of aliphatic hydroxyl groups is 1. The van der Waals surface area contributed by atoms with Gasteiger partial charge in [-0.2, -0.15) is 0 Å². The first-order valence-electron chi connectivity index (χ1n) is 7.87. The van der Waals surface area contributed by atoms with Crippen LogP contribution in [0.2, 0.25) is 5.02 Å². The third kappa shape index (κ3) is 3.00. The van der Waals surface area contributed by atoms with E-state index in [0.717, 1.165) is 24.8 Å². The van der Waals surface area contributed by atoms with Gasteiger partial charge >= 0.3 is 0 Å². The second-order valence-electron chi connectivity index (χ2n) is 6.49. The Hall–Kier alpha value is -0.930. The van der Waals surface area contributed by atoms with E-state index in [1.54, 1.807) is 6.07 Å². The van der Waals surface area contributed by atoms with Gasteiger partial charge in [0.1, 0.15) is 0 Å². The lowest BCUT2D eigenvalue weighted by Crippen LogP contribution is -2.28. The molecular formula is C17H23ClO3. The van der Waals surface area contributed by atoms with E-state index in [1.807, 2.05) is 6.07 Å². The Morgan fingerprint density at radius 2 is 1.67 bits per heavy atom.